The van der Waals surface area contributed by atoms with E-state index >= 15 is 0 Å². The molecule has 3 rings (SSSR count). The molecule has 0 radical (unpaired) electrons. The first-order valence-corrected chi connectivity index (χ1v) is 7.61. The van der Waals surface area contributed by atoms with Gasteiger partial charge in [-0.2, -0.15) is 5.10 Å². The van der Waals surface area contributed by atoms with E-state index in [1.807, 2.05) is 0 Å². The summed E-state index contributed by atoms with van der Waals surface area (Å²) in [6.45, 7) is -0.214. The lowest BCUT2D eigenvalue weighted by atomic mass is 10.1. The van der Waals surface area contributed by atoms with Gasteiger partial charge in [-0.15, -0.1) is 13.2 Å². The molecular weight excluding hydrogens is 362 g/mol. The maximum atomic E-state index is 13.8. The number of carboxylic acids is 1. The predicted octanol–water partition coefficient (Wildman–Crippen LogP) is 2.09. The zero-order valence-corrected chi connectivity index (χ0v) is 13.2. The molecule has 11 heteroatoms. The third kappa shape index (κ3) is 3.55. The standard InChI is InChI=1S/C15H13F4N3O4/c16-9-6-8(4-5-11(9)26-15(17,18)19)7-21-14(25)22-10(13(23)24)2-1-3-12(22)20-21/h4-6,10H,1-3,7H2,(H,23,24)/t10-/m1/s1. The third-order valence-electron chi connectivity index (χ3n) is 3.97. The average molecular weight is 375 g/mol. The number of aromatic nitrogens is 3. The molecule has 1 atom stereocenters. The van der Waals surface area contributed by atoms with Crippen molar-refractivity contribution in [2.45, 2.75) is 38.2 Å². The Bertz CT molecular complexity index is 903. The number of nitrogens with zero attached hydrogens (tertiary/aromatic N) is 3. The van der Waals surface area contributed by atoms with Crippen molar-refractivity contribution in [2.24, 2.45) is 0 Å². The van der Waals surface area contributed by atoms with E-state index in [9.17, 15) is 32.3 Å². The largest absolute Gasteiger partial charge is 0.573 e. The van der Waals surface area contributed by atoms with Crippen LogP contribution >= 0.6 is 0 Å². The van der Waals surface area contributed by atoms with Crippen LogP contribution < -0.4 is 10.4 Å². The van der Waals surface area contributed by atoms with Gasteiger partial charge in [0.2, 0.25) is 0 Å². The van der Waals surface area contributed by atoms with Gasteiger partial charge in [0, 0.05) is 6.42 Å². The van der Waals surface area contributed by atoms with Gasteiger partial charge in [-0.25, -0.2) is 18.7 Å². The number of ether oxygens (including phenoxy) is 1. The summed E-state index contributed by atoms with van der Waals surface area (Å²) in [5.74, 6) is -3.05. The van der Waals surface area contributed by atoms with Crippen molar-refractivity contribution in [3.8, 4) is 5.75 Å². The molecule has 2 aromatic rings. The van der Waals surface area contributed by atoms with E-state index < -0.39 is 35.6 Å². The molecule has 0 amide bonds. The Labute approximate surface area is 143 Å². The minimum Gasteiger partial charge on any atom is -0.480 e. The van der Waals surface area contributed by atoms with Crippen LogP contribution in [0.25, 0.3) is 0 Å². The van der Waals surface area contributed by atoms with E-state index in [0.717, 1.165) is 21.4 Å². The summed E-state index contributed by atoms with van der Waals surface area (Å²) in [6, 6.07) is 1.77. The quantitative estimate of drug-likeness (QED) is 0.827. The molecule has 7 nitrogen and oxygen atoms in total. The Kier molecular flexibility index (Phi) is 4.46. The Balaban J connectivity index is 1.88. The summed E-state index contributed by atoms with van der Waals surface area (Å²) < 4.78 is 55.8. The molecule has 1 aromatic carbocycles. The summed E-state index contributed by atoms with van der Waals surface area (Å²) >= 11 is 0. The number of rotatable bonds is 4. The molecule has 0 bridgehead atoms. The lowest BCUT2D eigenvalue weighted by molar-refractivity contribution is -0.275. The first kappa shape index (κ1) is 18.0. The van der Waals surface area contributed by atoms with Crippen molar-refractivity contribution in [1.29, 1.82) is 0 Å². The number of halogens is 4. The molecule has 2 heterocycles. The van der Waals surface area contributed by atoms with Crippen LogP contribution in [0, 0.1) is 5.82 Å². The van der Waals surface area contributed by atoms with E-state index in [2.05, 4.69) is 9.84 Å². The van der Waals surface area contributed by atoms with E-state index in [4.69, 9.17) is 0 Å². The monoisotopic (exact) mass is 375 g/mol. The van der Waals surface area contributed by atoms with E-state index in [-0.39, 0.29) is 12.1 Å². The molecule has 0 unspecified atom stereocenters. The first-order valence-electron chi connectivity index (χ1n) is 7.61. The van der Waals surface area contributed by atoms with E-state index in [0.29, 0.717) is 25.1 Å². The molecule has 0 spiro atoms. The van der Waals surface area contributed by atoms with Crippen molar-refractivity contribution in [1.82, 2.24) is 14.3 Å². The second kappa shape index (κ2) is 6.46. The van der Waals surface area contributed by atoms with Crippen LogP contribution in [0.1, 0.15) is 30.3 Å². The second-order valence-corrected chi connectivity index (χ2v) is 5.79. The van der Waals surface area contributed by atoms with Gasteiger partial charge in [-0.3, -0.25) is 4.57 Å². The Morgan fingerprint density at radius 2 is 2.12 bits per heavy atom. The zero-order chi connectivity index (χ0) is 19.1. The van der Waals surface area contributed by atoms with Gasteiger partial charge < -0.3 is 9.84 Å². The minimum absolute atomic E-state index is 0.182. The maximum absolute atomic E-state index is 13.8. The lowest BCUT2D eigenvalue weighted by Crippen LogP contribution is -2.34. The van der Waals surface area contributed by atoms with Crippen LogP contribution in [0.5, 0.6) is 5.75 Å². The Morgan fingerprint density at radius 1 is 1.38 bits per heavy atom. The van der Waals surface area contributed by atoms with Gasteiger partial charge in [0.15, 0.2) is 11.6 Å². The molecule has 0 saturated heterocycles. The third-order valence-corrected chi connectivity index (χ3v) is 3.97. The Morgan fingerprint density at radius 3 is 2.73 bits per heavy atom. The van der Waals surface area contributed by atoms with Crippen LogP contribution in [-0.4, -0.2) is 31.8 Å². The van der Waals surface area contributed by atoms with Crippen LogP contribution in [0.3, 0.4) is 0 Å². The number of fused-ring (bicyclic) bond motifs is 1. The fourth-order valence-corrected chi connectivity index (χ4v) is 2.89. The van der Waals surface area contributed by atoms with E-state index in [1.54, 1.807) is 0 Å². The fraction of sp³-hybridized carbons (Fsp3) is 0.400. The number of carboxylic acid groups (broad SMARTS) is 1. The SMILES string of the molecule is O=C(O)[C@H]1CCCc2nn(Cc3ccc(OC(F)(F)F)c(F)c3)c(=O)n21. The molecule has 1 N–H and O–H groups in total. The maximum Gasteiger partial charge on any atom is 0.573 e. The Hall–Kier alpha value is -2.85. The fourth-order valence-electron chi connectivity index (χ4n) is 2.89. The summed E-state index contributed by atoms with van der Waals surface area (Å²) in [5, 5.41) is 13.3. The molecule has 0 saturated carbocycles. The van der Waals surface area contributed by atoms with Gasteiger partial charge in [0.1, 0.15) is 11.9 Å². The van der Waals surface area contributed by atoms with Gasteiger partial charge in [-0.05, 0) is 30.5 Å². The van der Waals surface area contributed by atoms with Crippen molar-refractivity contribution in [3.63, 3.8) is 0 Å². The molecule has 1 aromatic heterocycles. The van der Waals surface area contributed by atoms with Gasteiger partial charge in [0.25, 0.3) is 0 Å². The molecule has 0 fully saturated rings. The van der Waals surface area contributed by atoms with Crippen molar-refractivity contribution >= 4 is 5.97 Å². The first-order chi connectivity index (χ1) is 12.2. The highest BCUT2D eigenvalue weighted by Gasteiger charge is 2.33. The van der Waals surface area contributed by atoms with Gasteiger partial charge in [0.05, 0.1) is 6.54 Å². The molecule has 140 valence electrons. The van der Waals surface area contributed by atoms with Crippen LogP contribution in [0.4, 0.5) is 17.6 Å². The number of carbonyl (C=O) groups is 1. The summed E-state index contributed by atoms with van der Waals surface area (Å²) in [5.41, 5.74) is -0.482. The van der Waals surface area contributed by atoms with Crippen LogP contribution in [-0.2, 0) is 17.8 Å². The highest BCUT2D eigenvalue weighted by atomic mass is 19.4. The molecule has 26 heavy (non-hydrogen) atoms. The van der Waals surface area contributed by atoms with E-state index in [1.165, 1.54) is 6.07 Å². The number of benzene rings is 1. The lowest BCUT2D eigenvalue weighted by Gasteiger charge is -2.19. The predicted molar refractivity (Wildman–Crippen MR) is 78.3 cm³/mol. The van der Waals surface area contributed by atoms with Crippen LogP contribution in [0.2, 0.25) is 0 Å². The highest BCUT2D eigenvalue weighted by Crippen LogP contribution is 2.26. The summed E-state index contributed by atoms with van der Waals surface area (Å²) in [6.07, 6.45) is -3.73. The van der Waals surface area contributed by atoms with Crippen molar-refractivity contribution < 1.29 is 32.2 Å². The second-order valence-electron chi connectivity index (χ2n) is 5.79. The highest BCUT2D eigenvalue weighted by molar-refractivity contribution is 5.72. The van der Waals surface area contributed by atoms with Gasteiger partial charge >= 0.3 is 18.0 Å². The summed E-state index contributed by atoms with van der Waals surface area (Å²) in [4.78, 5) is 23.7. The van der Waals surface area contributed by atoms with Crippen molar-refractivity contribution in [3.05, 3.63) is 45.9 Å². The van der Waals surface area contributed by atoms with Crippen molar-refractivity contribution in [2.75, 3.05) is 0 Å². The number of aliphatic carboxylic acids is 1. The minimum atomic E-state index is -5.02. The zero-order valence-electron chi connectivity index (χ0n) is 13.2. The topological polar surface area (TPSA) is 86.3 Å². The number of hydrogen-bond acceptors (Lipinski definition) is 4. The smallest absolute Gasteiger partial charge is 0.480 e. The normalized spacial score (nSPS) is 17.0. The number of hydrogen-bond donors (Lipinski definition) is 1. The number of aryl methyl sites for hydroxylation is 1. The molecule has 1 aliphatic rings. The number of alkyl halides is 3. The molecule has 0 aliphatic carbocycles. The molecular formula is C15H13F4N3O4. The summed E-state index contributed by atoms with van der Waals surface area (Å²) in [7, 11) is 0. The molecule has 1 aliphatic heterocycles. The van der Waals surface area contributed by atoms with Crippen LogP contribution in [0.15, 0.2) is 23.0 Å². The van der Waals surface area contributed by atoms with Gasteiger partial charge in [-0.1, -0.05) is 6.07 Å². The average Bonchev–Trinajstić information content (AvgIpc) is 2.85.